The normalized spacial score (nSPS) is 10.3. The molecule has 1 N–H and O–H groups in total. The molecule has 5 nitrogen and oxygen atoms in total. The smallest absolute Gasteiger partial charge is 0.308 e. The van der Waals surface area contributed by atoms with E-state index in [0.29, 0.717) is 11.3 Å². The highest BCUT2D eigenvalue weighted by Crippen LogP contribution is 2.36. The summed E-state index contributed by atoms with van der Waals surface area (Å²) in [7, 11) is 0. The number of aromatic nitrogens is 2. The molecule has 7 heteroatoms. The van der Waals surface area contributed by atoms with Gasteiger partial charge in [-0.2, -0.15) is 5.10 Å². The van der Waals surface area contributed by atoms with E-state index in [2.05, 4.69) is 10.2 Å². The molecule has 1 aromatic heterocycles. The molecule has 0 bridgehead atoms. The fourth-order valence-electron chi connectivity index (χ4n) is 1.45. The van der Waals surface area contributed by atoms with E-state index in [1.54, 1.807) is 12.1 Å². The lowest BCUT2D eigenvalue weighted by molar-refractivity contribution is -0.131. The Kier molecular flexibility index (Phi) is 3.87. The van der Waals surface area contributed by atoms with Gasteiger partial charge in [-0.1, -0.05) is 23.2 Å². The van der Waals surface area contributed by atoms with E-state index in [9.17, 15) is 9.59 Å². The molecule has 0 fully saturated rings. The van der Waals surface area contributed by atoms with Crippen LogP contribution in [0, 0.1) is 0 Å². The standard InChI is InChI=1S/C12H8Cl2N2O3/c1-6(17)19-12-8(13)4-7(5-9(12)14)10-2-3-11(18)16-15-10/h2-5H,1H3,(H,16,18). The second-order valence-electron chi connectivity index (χ2n) is 3.67. The average molecular weight is 299 g/mol. The minimum Gasteiger partial charge on any atom is -0.424 e. The third-order valence-corrected chi connectivity index (χ3v) is 2.78. The molecule has 0 unspecified atom stereocenters. The topological polar surface area (TPSA) is 72.1 Å². The Hall–Kier alpha value is -1.85. The molecule has 1 heterocycles. The maximum Gasteiger partial charge on any atom is 0.308 e. The fraction of sp³-hybridized carbons (Fsp3) is 0.0833. The van der Waals surface area contributed by atoms with Crippen molar-refractivity contribution in [2.24, 2.45) is 0 Å². The Balaban J connectivity index is 2.47. The predicted molar refractivity (Wildman–Crippen MR) is 71.6 cm³/mol. The predicted octanol–water partition coefficient (Wildman–Crippen LogP) is 2.67. The van der Waals surface area contributed by atoms with Gasteiger partial charge in [0.25, 0.3) is 5.56 Å². The van der Waals surface area contributed by atoms with Gasteiger partial charge >= 0.3 is 5.97 Å². The number of ether oxygens (including phenoxy) is 1. The number of esters is 1. The van der Waals surface area contributed by atoms with Crippen molar-refractivity contribution in [2.45, 2.75) is 6.92 Å². The molecule has 0 atom stereocenters. The Labute approximate surface area is 118 Å². The maximum atomic E-state index is 10.9. The number of halogens is 2. The van der Waals surface area contributed by atoms with E-state index in [1.165, 1.54) is 19.1 Å². The van der Waals surface area contributed by atoms with E-state index in [-0.39, 0.29) is 21.4 Å². The molecule has 0 aliphatic heterocycles. The minimum absolute atomic E-state index is 0.101. The molecule has 0 saturated carbocycles. The second-order valence-corrected chi connectivity index (χ2v) is 4.48. The van der Waals surface area contributed by atoms with Crippen LogP contribution in [0.2, 0.25) is 10.0 Å². The number of carbonyl (C=O) groups is 1. The van der Waals surface area contributed by atoms with Crippen molar-refractivity contribution >= 4 is 29.2 Å². The van der Waals surface area contributed by atoms with Gasteiger partial charge in [0.1, 0.15) is 0 Å². The first-order chi connectivity index (χ1) is 8.97. The van der Waals surface area contributed by atoms with Crippen LogP contribution >= 0.6 is 23.2 Å². The van der Waals surface area contributed by atoms with Gasteiger partial charge in [0.2, 0.25) is 0 Å². The highest BCUT2D eigenvalue weighted by molar-refractivity contribution is 6.37. The van der Waals surface area contributed by atoms with Crippen molar-refractivity contribution in [3.8, 4) is 17.0 Å². The van der Waals surface area contributed by atoms with Gasteiger partial charge < -0.3 is 4.74 Å². The second kappa shape index (κ2) is 5.42. The van der Waals surface area contributed by atoms with Gasteiger partial charge in [-0.3, -0.25) is 9.59 Å². The Morgan fingerprint density at radius 3 is 2.37 bits per heavy atom. The van der Waals surface area contributed by atoms with E-state index in [0.717, 1.165) is 0 Å². The molecular weight excluding hydrogens is 291 g/mol. The van der Waals surface area contributed by atoms with Gasteiger partial charge in [-0.25, -0.2) is 5.10 Å². The van der Waals surface area contributed by atoms with Gasteiger partial charge in [0.05, 0.1) is 15.7 Å². The molecule has 0 radical (unpaired) electrons. The van der Waals surface area contributed by atoms with Crippen molar-refractivity contribution in [3.63, 3.8) is 0 Å². The lowest BCUT2D eigenvalue weighted by Gasteiger charge is -2.08. The van der Waals surface area contributed by atoms with Crippen molar-refractivity contribution in [1.29, 1.82) is 0 Å². The summed E-state index contributed by atoms with van der Waals surface area (Å²) in [6.07, 6.45) is 0. The number of H-pyrrole nitrogens is 1. The Morgan fingerprint density at radius 2 is 1.89 bits per heavy atom. The molecule has 0 amide bonds. The van der Waals surface area contributed by atoms with Crippen molar-refractivity contribution in [2.75, 3.05) is 0 Å². The van der Waals surface area contributed by atoms with Gasteiger partial charge in [-0.05, 0) is 18.2 Å². The van der Waals surface area contributed by atoms with Crippen molar-refractivity contribution in [3.05, 3.63) is 44.7 Å². The molecule has 98 valence electrons. The maximum absolute atomic E-state index is 10.9. The first kappa shape index (κ1) is 13.6. The van der Waals surface area contributed by atoms with Crippen LogP contribution in [-0.2, 0) is 4.79 Å². The van der Waals surface area contributed by atoms with Gasteiger partial charge in [0, 0.05) is 18.6 Å². The van der Waals surface area contributed by atoms with Crippen LogP contribution in [0.25, 0.3) is 11.3 Å². The highest BCUT2D eigenvalue weighted by atomic mass is 35.5. The summed E-state index contributed by atoms with van der Waals surface area (Å²) >= 11 is 12.0. The quantitative estimate of drug-likeness (QED) is 0.683. The molecule has 0 spiro atoms. The molecular formula is C12H8Cl2N2O3. The SMILES string of the molecule is CC(=O)Oc1c(Cl)cc(-c2ccc(=O)[nH]n2)cc1Cl. The van der Waals surface area contributed by atoms with E-state index < -0.39 is 5.97 Å². The number of rotatable bonds is 2. The molecule has 1 aromatic carbocycles. The summed E-state index contributed by atoms with van der Waals surface area (Å²) in [6, 6.07) is 5.97. The molecule has 2 aromatic rings. The summed E-state index contributed by atoms with van der Waals surface area (Å²) in [5, 5.41) is 6.54. The van der Waals surface area contributed by atoms with Crippen LogP contribution < -0.4 is 10.3 Å². The molecule has 0 saturated heterocycles. The van der Waals surface area contributed by atoms with Crippen LogP contribution in [0.3, 0.4) is 0 Å². The Bertz CT molecular complexity index is 654. The zero-order valence-corrected chi connectivity index (χ0v) is 11.2. The summed E-state index contributed by atoms with van der Waals surface area (Å²) in [5.41, 5.74) is 0.789. The number of carbonyl (C=O) groups excluding carboxylic acids is 1. The fourth-order valence-corrected chi connectivity index (χ4v) is 2.02. The Morgan fingerprint density at radius 1 is 1.26 bits per heavy atom. The number of nitrogens with one attached hydrogen (secondary N) is 1. The monoisotopic (exact) mass is 298 g/mol. The summed E-state index contributed by atoms with van der Waals surface area (Å²) in [5.74, 6) is -0.414. The van der Waals surface area contributed by atoms with Crippen LogP contribution in [0.5, 0.6) is 5.75 Å². The number of benzene rings is 1. The highest BCUT2D eigenvalue weighted by Gasteiger charge is 2.13. The van der Waals surface area contributed by atoms with Crippen LogP contribution in [0.1, 0.15) is 6.92 Å². The van der Waals surface area contributed by atoms with E-state index >= 15 is 0 Å². The lowest BCUT2D eigenvalue weighted by atomic mass is 10.1. The van der Waals surface area contributed by atoms with Crippen molar-refractivity contribution < 1.29 is 9.53 Å². The number of hydrogen-bond acceptors (Lipinski definition) is 4. The van der Waals surface area contributed by atoms with E-state index in [4.69, 9.17) is 27.9 Å². The first-order valence-corrected chi connectivity index (χ1v) is 5.96. The number of aromatic amines is 1. The summed E-state index contributed by atoms with van der Waals surface area (Å²) in [6.45, 7) is 1.25. The average Bonchev–Trinajstić information content (AvgIpc) is 2.34. The molecule has 0 aliphatic rings. The lowest BCUT2D eigenvalue weighted by Crippen LogP contribution is -2.06. The largest absolute Gasteiger partial charge is 0.424 e. The zero-order chi connectivity index (χ0) is 14.0. The van der Waals surface area contributed by atoms with E-state index in [1.807, 2.05) is 0 Å². The molecule has 2 rings (SSSR count). The summed E-state index contributed by atoms with van der Waals surface area (Å²) < 4.78 is 4.90. The van der Waals surface area contributed by atoms with Crippen LogP contribution in [-0.4, -0.2) is 16.2 Å². The van der Waals surface area contributed by atoms with Crippen LogP contribution in [0.15, 0.2) is 29.1 Å². The zero-order valence-electron chi connectivity index (χ0n) is 9.74. The molecule has 19 heavy (non-hydrogen) atoms. The number of hydrogen-bond donors (Lipinski definition) is 1. The minimum atomic E-state index is -0.515. The van der Waals surface area contributed by atoms with Crippen molar-refractivity contribution in [1.82, 2.24) is 10.2 Å². The number of nitrogens with zero attached hydrogens (tertiary/aromatic N) is 1. The third kappa shape index (κ3) is 3.13. The van der Waals surface area contributed by atoms with Gasteiger partial charge in [0.15, 0.2) is 5.75 Å². The molecule has 0 aliphatic carbocycles. The third-order valence-electron chi connectivity index (χ3n) is 2.22. The first-order valence-electron chi connectivity index (χ1n) is 5.21. The summed E-state index contributed by atoms with van der Waals surface area (Å²) in [4.78, 5) is 21.9. The van der Waals surface area contributed by atoms with Gasteiger partial charge in [-0.15, -0.1) is 0 Å². The van der Waals surface area contributed by atoms with Crippen LogP contribution in [0.4, 0.5) is 0 Å².